The van der Waals surface area contributed by atoms with E-state index in [1.165, 1.54) is 0 Å². The normalized spacial score (nSPS) is 12.6. The number of halogens is 2. The van der Waals surface area contributed by atoms with Crippen LogP contribution in [-0.4, -0.2) is 14.8 Å². The summed E-state index contributed by atoms with van der Waals surface area (Å²) in [7, 11) is 0. The van der Waals surface area contributed by atoms with Crippen LogP contribution in [0.3, 0.4) is 0 Å². The van der Waals surface area contributed by atoms with Crippen LogP contribution in [-0.2, 0) is 13.0 Å². The molecule has 1 atom stereocenters. The fourth-order valence-corrected chi connectivity index (χ4v) is 2.83. The molecule has 6 heteroatoms. The highest BCUT2D eigenvalue weighted by Crippen LogP contribution is 2.24. The molecule has 1 aromatic heterocycles. The first-order valence-electron chi connectivity index (χ1n) is 6.18. The molecular weight excluding hydrogens is 328 g/mol. The highest BCUT2D eigenvalue weighted by molar-refractivity contribution is 9.10. The fraction of sp³-hybridized carbons (Fsp3) is 0.385. The van der Waals surface area contributed by atoms with Crippen molar-refractivity contribution in [1.82, 2.24) is 14.8 Å². The van der Waals surface area contributed by atoms with Crippen LogP contribution >= 0.6 is 27.5 Å². The number of aromatic nitrogens is 3. The summed E-state index contributed by atoms with van der Waals surface area (Å²) in [5, 5.41) is 4.88. The molecule has 0 spiro atoms. The van der Waals surface area contributed by atoms with Crippen LogP contribution < -0.4 is 5.73 Å². The number of aryl methyl sites for hydroxylation is 1. The van der Waals surface area contributed by atoms with Gasteiger partial charge in [-0.15, -0.1) is 0 Å². The third kappa shape index (κ3) is 3.78. The van der Waals surface area contributed by atoms with Gasteiger partial charge in [0.1, 0.15) is 12.2 Å². The molecule has 2 aromatic rings. The van der Waals surface area contributed by atoms with Crippen LogP contribution in [0.15, 0.2) is 29.0 Å². The van der Waals surface area contributed by atoms with Gasteiger partial charge in [-0.1, -0.05) is 34.5 Å². The highest BCUT2D eigenvalue weighted by Gasteiger charge is 2.13. The molecule has 1 heterocycles. The van der Waals surface area contributed by atoms with Gasteiger partial charge < -0.3 is 5.73 Å². The molecule has 0 saturated carbocycles. The van der Waals surface area contributed by atoms with Gasteiger partial charge in [-0.25, -0.2) is 4.98 Å². The Bertz CT molecular complexity index is 535. The Morgan fingerprint density at radius 2 is 2.21 bits per heavy atom. The van der Waals surface area contributed by atoms with Crippen molar-refractivity contribution >= 4 is 27.5 Å². The van der Waals surface area contributed by atoms with E-state index in [0.717, 1.165) is 28.8 Å². The predicted molar refractivity (Wildman–Crippen MR) is 80.1 cm³/mol. The second-order valence-electron chi connectivity index (χ2n) is 4.41. The van der Waals surface area contributed by atoms with E-state index in [4.69, 9.17) is 17.3 Å². The van der Waals surface area contributed by atoms with Crippen LogP contribution in [0.1, 0.15) is 30.8 Å². The first kappa shape index (κ1) is 14.5. The quantitative estimate of drug-likeness (QED) is 0.906. The largest absolute Gasteiger partial charge is 0.324 e. The van der Waals surface area contributed by atoms with Gasteiger partial charge >= 0.3 is 0 Å². The van der Waals surface area contributed by atoms with Gasteiger partial charge in [-0.05, 0) is 30.2 Å². The van der Waals surface area contributed by atoms with Gasteiger partial charge in [0.2, 0.25) is 0 Å². The van der Waals surface area contributed by atoms with Crippen molar-refractivity contribution in [2.75, 3.05) is 0 Å². The van der Waals surface area contributed by atoms with Crippen molar-refractivity contribution in [2.45, 2.75) is 32.4 Å². The van der Waals surface area contributed by atoms with Crippen molar-refractivity contribution in [1.29, 1.82) is 0 Å². The molecule has 0 aliphatic rings. The first-order valence-corrected chi connectivity index (χ1v) is 7.35. The van der Waals surface area contributed by atoms with E-state index in [1.54, 1.807) is 6.33 Å². The summed E-state index contributed by atoms with van der Waals surface area (Å²) in [6, 6.07) is 5.57. The van der Waals surface area contributed by atoms with Gasteiger partial charge in [0, 0.05) is 28.5 Å². The van der Waals surface area contributed by atoms with Crippen LogP contribution in [0.4, 0.5) is 0 Å². The maximum atomic E-state index is 6.23. The lowest BCUT2D eigenvalue weighted by molar-refractivity contribution is 0.548. The van der Waals surface area contributed by atoms with Gasteiger partial charge in [-0.2, -0.15) is 5.10 Å². The van der Waals surface area contributed by atoms with Crippen LogP contribution in [0.5, 0.6) is 0 Å². The van der Waals surface area contributed by atoms with Crippen molar-refractivity contribution in [2.24, 2.45) is 5.73 Å². The number of hydrogen-bond donors (Lipinski definition) is 1. The molecule has 0 amide bonds. The highest BCUT2D eigenvalue weighted by atomic mass is 79.9. The van der Waals surface area contributed by atoms with Crippen molar-refractivity contribution in [3.8, 4) is 0 Å². The molecule has 0 fully saturated rings. The van der Waals surface area contributed by atoms with Crippen molar-refractivity contribution in [3.63, 3.8) is 0 Å². The molecule has 0 aliphatic heterocycles. The molecule has 0 aliphatic carbocycles. The number of rotatable bonds is 5. The number of benzene rings is 1. The summed E-state index contributed by atoms with van der Waals surface area (Å²) >= 11 is 9.46. The van der Waals surface area contributed by atoms with E-state index < -0.39 is 0 Å². The van der Waals surface area contributed by atoms with E-state index in [0.29, 0.717) is 11.4 Å². The average Bonchev–Trinajstić information content (AvgIpc) is 2.76. The lowest BCUT2D eigenvalue weighted by Gasteiger charge is -2.13. The van der Waals surface area contributed by atoms with Crippen molar-refractivity contribution < 1.29 is 0 Å². The smallest absolute Gasteiger partial charge is 0.138 e. The molecule has 1 unspecified atom stereocenters. The topological polar surface area (TPSA) is 56.7 Å². The molecule has 0 radical (unpaired) electrons. The van der Waals surface area contributed by atoms with Gasteiger partial charge in [-0.3, -0.25) is 4.68 Å². The zero-order valence-electron chi connectivity index (χ0n) is 10.7. The first-order chi connectivity index (χ1) is 9.10. The van der Waals surface area contributed by atoms with E-state index in [2.05, 4.69) is 32.9 Å². The van der Waals surface area contributed by atoms with Crippen molar-refractivity contribution in [3.05, 3.63) is 45.4 Å². The predicted octanol–water partition coefficient (Wildman–Crippen LogP) is 3.35. The maximum absolute atomic E-state index is 6.23. The summed E-state index contributed by atoms with van der Waals surface area (Å²) in [5.41, 5.74) is 7.22. The lowest BCUT2D eigenvalue weighted by atomic mass is 10.0. The molecular formula is C13H16BrClN4. The molecule has 0 bridgehead atoms. The molecule has 1 aromatic carbocycles. The van der Waals surface area contributed by atoms with E-state index in [-0.39, 0.29) is 6.04 Å². The number of nitrogens with two attached hydrogens (primary N) is 1. The SMILES string of the molecule is CCCn1ncnc1CC(N)c1cc(Cl)cc(Br)c1. The van der Waals surface area contributed by atoms with Crippen LogP contribution in [0.2, 0.25) is 5.02 Å². The lowest BCUT2D eigenvalue weighted by Crippen LogP contribution is -2.17. The molecule has 19 heavy (non-hydrogen) atoms. The second kappa shape index (κ2) is 6.50. The Labute approximate surface area is 126 Å². The summed E-state index contributed by atoms with van der Waals surface area (Å²) < 4.78 is 2.83. The van der Waals surface area contributed by atoms with E-state index in [9.17, 15) is 0 Å². The molecule has 2 N–H and O–H groups in total. The monoisotopic (exact) mass is 342 g/mol. The Balaban J connectivity index is 2.15. The minimum atomic E-state index is -0.144. The Hall–Kier alpha value is -0.910. The third-order valence-corrected chi connectivity index (χ3v) is 3.52. The van der Waals surface area contributed by atoms with Gasteiger partial charge in [0.05, 0.1) is 0 Å². The van der Waals surface area contributed by atoms with Crippen LogP contribution in [0, 0.1) is 0 Å². The second-order valence-corrected chi connectivity index (χ2v) is 5.76. The van der Waals surface area contributed by atoms with E-state index >= 15 is 0 Å². The molecule has 102 valence electrons. The average molecular weight is 344 g/mol. The summed E-state index contributed by atoms with van der Waals surface area (Å²) in [4.78, 5) is 4.27. The Morgan fingerprint density at radius 3 is 2.89 bits per heavy atom. The zero-order chi connectivity index (χ0) is 13.8. The maximum Gasteiger partial charge on any atom is 0.138 e. The minimum absolute atomic E-state index is 0.144. The molecule has 2 rings (SSSR count). The summed E-state index contributed by atoms with van der Waals surface area (Å²) in [6.07, 6.45) is 3.24. The molecule has 0 saturated heterocycles. The third-order valence-electron chi connectivity index (χ3n) is 2.85. The molecule has 4 nitrogen and oxygen atoms in total. The standard InChI is InChI=1S/C13H16BrClN4/c1-2-3-19-13(17-8-18-19)7-12(16)9-4-10(14)6-11(15)5-9/h4-6,8,12H,2-3,7,16H2,1H3. The minimum Gasteiger partial charge on any atom is -0.324 e. The summed E-state index contributed by atoms with van der Waals surface area (Å²) in [5.74, 6) is 0.908. The zero-order valence-corrected chi connectivity index (χ0v) is 13.0. The van der Waals surface area contributed by atoms with Gasteiger partial charge in [0.25, 0.3) is 0 Å². The number of hydrogen-bond acceptors (Lipinski definition) is 3. The van der Waals surface area contributed by atoms with Crippen LogP contribution in [0.25, 0.3) is 0 Å². The van der Waals surface area contributed by atoms with E-state index in [1.807, 2.05) is 22.9 Å². The Kier molecular flexibility index (Phi) is 4.96. The fourth-order valence-electron chi connectivity index (χ4n) is 1.95. The van der Waals surface area contributed by atoms with Gasteiger partial charge in [0.15, 0.2) is 0 Å². The summed E-state index contributed by atoms with van der Waals surface area (Å²) in [6.45, 7) is 2.97. The number of nitrogens with zero attached hydrogens (tertiary/aromatic N) is 3. The Morgan fingerprint density at radius 1 is 1.42 bits per heavy atom.